The first-order valence-corrected chi connectivity index (χ1v) is 12.8. The van der Waals surface area contributed by atoms with Gasteiger partial charge in [-0.25, -0.2) is 9.78 Å². The van der Waals surface area contributed by atoms with Gasteiger partial charge in [-0.15, -0.1) is 11.8 Å². The summed E-state index contributed by atoms with van der Waals surface area (Å²) in [5.41, 5.74) is 2.95. The zero-order valence-corrected chi connectivity index (χ0v) is 21.2. The molecule has 0 aliphatic heterocycles. The number of benzene rings is 1. The van der Waals surface area contributed by atoms with E-state index in [0.717, 1.165) is 47.9 Å². The third-order valence-electron chi connectivity index (χ3n) is 5.78. The average molecular weight is 525 g/mol. The summed E-state index contributed by atoms with van der Waals surface area (Å²) in [5.74, 6) is -0.766. The number of halogens is 3. The Balaban J connectivity index is 0.000000454. The van der Waals surface area contributed by atoms with Gasteiger partial charge >= 0.3 is 12.1 Å². The highest BCUT2D eigenvalue weighted by molar-refractivity contribution is 8.00. The number of hydrogen-bond acceptors (Lipinski definition) is 6. The van der Waals surface area contributed by atoms with Crippen LogP contribution in [0.3, 0.4) is 0 Å². The van der Waals surface area contributed by atoms with Gasteiger partial charge in [0.05, 0.1) is 18.2 Å². The lowest BCUT2D eigenvalue weighted by atomic mass is 10.0. The van der Waals surface area contributed by atoms with Gasteiger partial charge in [-0.05, 0) is 37.5 Å². The van der Waals surface area contributed by atoms with E-state index in [0.29, 0.717) is 5.25 Å². The van der Waals surface area contributed by atoms with E-state index in [4.69, 9.17) is 19.6 Å². The molecular formula is C25H31F3N4O3S. The number of nitrogens with one attached hydrogen (secondary N) is 1. The SMILES string of the molecule is CCCCNc1c(-c2ccc(OC)c(SC3CCCCC3)c2)nc2cnccn12.O=C(O)C(F)(F)F. The summed E-state index contributed by atoms with van der Waals surface area (Å²) in [6, 6.07) is 6.45. The van der Waals surface area contributed by atoms with Crippen LogP contribution in [0.5, 0.6) is 5.75 Å². The number of fused-ring (bicyclic) bond motifs is 1. The Morgan fingerprint density at radius 3 is 2.64 bits per heavy atom. The van der Waals surface area contributed by atoms with Crippen molar-refractivity contribution in [2.75, 3.05) is 19.0 Å². The molecule has 0 bridgehead atoms. The van der Waals surface area contributed by atoms with Crippen molar-refractivity contribution in [2.24, 2.45) is 0 Å². The highest BCUT2D eigenvalue weighted by atomic mass is 32.2. The summed E-state index contributed by atoms with van der Waals surface area (Å²) < 4.78 is 39.5. The van der Waals surface area contributed by atoms with E-state index in [2.05, 4.69) is 39.8 Å². The van der Waals surface area contributed by atoms with Gasteiger partial charge < -0.3 is 15.2 Å². The number of alkyl halides is 3. The fourth-order valence-electron chi connectivity index (χ4n) is 3.94. The Bertz CT molecular complexity index is 1150. The fourth-order valence-corrected chi connectivity index (χ4v) is 5.33. The van der Waals surface area contributed by atoms with Gasteiger partial charge in [0.25, 0.3) is 0 Å². The predicted octanol–water partition coefficient (Wildman–Crippen LogP) is 6.68. The molecule has 1 aliphatic rings. The summed E-state index contributed by atoms with van der Waals surface area (Å²) in [6.07, 6.45) is 9.43. The van der Waals surface area contributed by atoms with E-state index in [9.17, 15) is 13.2 Å². The molecule has 0 saturated heterocycles. The number of thioether (sulfide) groups is 1. The van der Waals surface area contributed by atoms with Crippen LogP contribution in [0.25, 0.3) is 16.9 Å². The average Bonchev–Trinajstić information content (AvgIpc) is 3.23. The highest BCUT2D eigenvalue weighted by Crippen LogP contribution is 2.41. The monoisotopic (exact) mass is 524 g/mol. The van der Waals surface area contributed by atoms with Crippen molar-refractivity contribution in [1.82, 2.24) is 14.4 Å². The highest BCUT2D eigenvalue weighted by Gasteiger charge is 2.38. The maximum Gasteiger partial charge on any atom is 0.490 e. The second-order valence-electron chi connectivity index (χ2n) is 8.44. The summed E-state index contributed by atoms with van der Waals surface area (Å²) in [5, 5.41) is 11.4. The van der Waals surface area contributed by atoms with Crippen molar-refractivity contribution < 1.29 is 27.8 Å². The third-order valence-corrected chi connectivity index (χ3v) is 7.16. The quantitative estimate of drug-likeness (QED) is 0.318. The maximum absolute atomic E-state index is 10.6. The van der Waals surface area contributed by atoms with E-state index < -0.39 is 12.1 Å². The van der Waals surface area contributed by atoms with Crippen molar-refractivity contribution in [2.45, 2.75) is 68.2 Å². The molecule has 1 fully saturated rings. The van der Waals surface area contributed by atoms with Crippen molar-refractivity contribution in [1.29, 1.82) is 0 Å². The zero-order chi connectivity index (χ0) is 26.1. The van der Waals surface area contributed by atoms with Crippen LogP contribution in [0.1, 0.15) is 51.9 Å². The number of unbranched alkanes of at least 4 members (excludes halogenated alkanes) is 1. The number of aliphatic carboxylic acids is 1. The van der Waals surface area contributed by atoms with Gasteiger partial charge in [-0.2, -0.15) is 13.2 Å². The molecule has 196 valence electrons. The third kappa shape index (κ3) is 7.28. The molecule has 0 unspecified atom stereocenters. The van der Waals surface area contributed by atoms with Crippen LogP contribution in [-0.4, -0.2) is 50.5 Å². The Morgan fingerprint density at radius 1 is 1.28 bits per heavy atom. The first-order chi connectivity index (χ1) is 17.2. The molecule has 1 aromatic carbocycles. The normalized spacial score (nSPS) is 14.2. The molecule has 2 heterocycles. The molecular weight excluding hydrogens is 493 g/mol. The molecule has 36 heavy (non-hydrogen) atoms. The van der Waals surface area contributed by atoms with Gasteiger partial charge in [0.2, 0.25) is 0 Å². The van der Waals surface area contributed by atoms with Crippen LogP contribution in [0.2, 0.25) is 0 Å². The summed E-state index contributed by atoms with van der Waals surface area (Å²) >= 11 is 1.97. The van der Waals surface area contributed by atoms with Crippen LogP contribution < -0.4 is 10.1 Å². The number of methoxy groups -OCH3 is 1. The van der Waals surface area contributed by atoms with Crippen molar-refractivity contribution in [3.05, 3.63) is 36.8 Å². The smallest absolute Gasteiger partial charge is 0.490 e. The van der Waals surface area contributed by atoms with Crippen molar-refractivity contribution in [3.8, 4) is 17.0 Å². The summed E-state index contributed by atoms with van der Waals surface area (Å²) in [6.45, 7) is 3.14. The van der Waals surface area contributed by atoms with Gasteiger partial charge in [0.15, 0.2) is 5.65 Å². The zero-order valence-electron chi connectivity index (χ0n) is 20.3. The van der Waals surface area contributed by atoms with Crippen LogP contribution in [-0.2, 0) is 4.79 Å². The number of imidazole rings is 1. The number of carbonyl (C=O) groups is 1. The Morgan fingerprint density at radius 2 is 2.00 bits per heavy atom. The minimum atomic E-state index is -5.08. The molecule has 0 spiro atoms. The van der Waals surface area contributed by atoms with E-state index >= 15 is 0 Å². The number of aromatic nitrogens is 3. The molecule has 4 rings (SSSR count). The molecule has 0 radical (unpaired) electrons. The van der Waals surface area contributed by atoms with Gasteiger partial charge in [0.1, 0.15) is 17.3 Å². The molecule has 3 aromatic rings. The second-order valence-corrected chi connectivity index (χ2v) is 9.78. The summed E-state index contributed by atoms with van der Waals surface area (Å²) in [4.78, 5) is 19.2. The fraction of sp³-hybridized carbons (Fsp3) is 0.480. The molecule has 2 aromatic heterocycles. The van der Waals surface area contributed by atoms with E-state index in [1.807, 2.05) is 30.4 Å². The van der Waals surface area contributed by atoms with Crippen LogP contribution in [0.4, 0.5) is 19.0 Å². The topological polar surface area (TPSA) is 88.8 Å². The summed E-state index contributed by atoms with van der Waals surface area (Å²) in [7, 11) is 1.76. The molecule has 0 atom stereocenters. The van der Waals surface area contributed by atoms with Gasteiger partial charge in [-0.1, -0.05) is 32.6 Å². The first-order valence-electron chi connectivity index (χ1n) is 12.0. The van der Waals surface area contributed by atoms with Gasteiger partial charge in [0, 0.05) is 29.8 Å². The number of rotatable bonds is 8. The lowest BCUT2D eigenvalue weighted by Gasteiger charge is -2.22. The second kappa shape index (κ2) is 12.8. The van der Waals surface area contributed by atoms with Crippen LogP contribution in [0.15, 0.2) is 41.7 Å². The Hall–Kier alpha value is -2.95. The lowest BCUT2D eigenvalue weighted by Crippen LogP contribution is -2.21. The number of carboxylic acids is 1. The van der Waals surface area contributed by atoms with Crippen molar-refractivity contribution in [3.63, 3.8) is 0 Å². The predicted molar refractivity (Wildman–Crippen MR) is 135 cm³/mol. The number of ether oxygens (including phenoxy) is 1. The lowest BCUT2D eigenvalue weighted by molar-refractivity contribution is -0.192. The Labute approximate surface area is 212 Å². The van der Waals surface area contributed by atoms with E-state index in [1.165, 1.54) is 37.0 Å². The van der Waals surface area contributed by atoms with E-state index in [-0.39, 0.29) is 0 Å². The molecule has 7 nitrogen and oxygen atoms in total. The van der Waals surface area contributed by atoms with Crippen molar-refractivity contribution >= 4 is 29.2 Å². The minimum Gasteiger partial charge on any atom is -0.496 e. The number of carboxylic acid groups (broad SMARTS) is 1. The van der Waals surface area contributed by atoms with Gasteiger partial charge in [-0.3, -0.25) is 9.38 Å². The first kappa shape index (κ1) is 27.6. The van der Waals surface area contributed by atoms with E-state index in [1.54, 1.807) is 7.11 Å². The minimum absolute atomic E-state index is 0.681. The molecule has 2 N–H and O–H groups in total. The Kier molecular flexibility index (Phi) is 9.86. The molecule has 11 heteroatoms. The molecule has 1 saturated carbocycles. The van der Waals surface area contributed by atoms with Crippen LogP contribution >= 0.6 is 11.8 Å². The number of hydrogen-bond donors (Lipinski definition) is 2. The molecule has 0 amide bonds. The largest absolute Gasteiger partial charge is 0.496 e. The van der Waals surface area contributed by atoms with Crippen LogP contribution in [0, 0.1) is 0 Å². The molecule has 1 aliphatic carbocycles. The number of nitrogens with zero attached hydrogens (tertiary/aromatic N) is 3. The maximum atomic E-state index is 10.6. The standard InChI is InChI=1S/C23H30N4OS.C2HF3O2/c1-3-4-12-25-23-22(26-21-16-24-13-14-27(21)23)17-10-11-19(28-2)20(15-17)29-18-8-6-5-7-9-18;3-2(4,5)1(6)7/h10-11,13-16,18,25H,3-9,12H2,1-2H3;(H,6,7). The number of anilines is 1.